The molecule has 0 aliphatic heterocycles. The summed E-state index contributed by atoms with van der Waals surface area (Å²) in [7, 11) is 0. The topological polar surface area (TPSA) is 48.4 Å². The van der Waals surface area contributed by atoms with Gasteiger partial charge in [-0.1, -0.05) is 6.92 Å². The zero-order valence-electron chi connectivity index (χ0n) is 9.90. The number of aryl methyl sites for hydroxylation is 1. The van der Waals surface area contributed by atoms with E-state index < -0.39 is 6.10 Å². The predicted octanol–water partition coefficient (Wildman–Crippen LogP) is 2.11. The minimum atomic E-state index is -0.553. The van der Waals surface area contributed by atoms with Gasteiger partial charge in [0.05, 0.1) is 12.3 Å². The number of aromatic nitrogens is 1. The zero-order valence-corrected chi connectivity index (χ0v) is 9.90. The summed E-state index contributed by atoms with van der Waals surface area (Å²) in [5.74, 6) is 0.302. The number of pyridine rings is 1. The summed E-state index contributed by atoms with van der Waals surface area (Å²) >= 11 is 0. The summed E-state index contributed by atoms with van der Waals surface area (Å²) < 4.78 is 10.5. The van der Waals surface area contributed by atoms with Gasteiger partial charge in [0.25, 0.3) is 0 Å². The van der Waals surface area contributed by atoms with E-state index in [1.165, 1.54) is 0 Å². The molecule has 0 saturated carbocycles. The number of rotatable bonds is 5. The fraction of sp³-hybridized carbons (Fsp3) is 0.500. The van der Waals surface area contributed by atoms with Gasteiger partial charge in [0, 0.05) is 6.20 Å². The van der Waals surface area contributed by atoms with Crippen molar-refractivity contribution in [3.63, 3.8) is 0 Å². The quantitative estimate of drug-likeness (QED) is 0.717. The second-order valence-electron chi connectivity index (χ2n) is 3.35. The number of hydrogen-bond acceptors (Lipinski definition) is 4. The number of hydrogen-bond donors (Lipinski definition) is 0. The van der Waals surface area contributed by atoms with E-state index in [-0.39, 0.29) is 5.97 Å². The minimum Gasteiger partial charge on any atom is -0.477 e. The van der Waals surface area contributed by atoms with E-state index in [1.807, 2.05) is 13.8 Å². The first-order valence-corrected chi connectivity index (χ1v) is 5.44. The second kappa shape index (κ2) is 6.10. The molecule has 1 heterocycles. The highest BCUT2D eigenvalue weighted by atomic mass is 16.6. The molecule has 0 spiro atoms. The Labute approximate surface area is 95.6 Å². The largest absolute Gasteiger partial charge is 0.477 e. The third kappa shape index (κ3) is 3.22. The van der Waals surface area contributed by atoms with Gasteiger partial charge in [-0.05, 0) is 32.4 Å². The van der Waals surface area contributed by atoms with Crippen molar-refractivity contribution in [2.45, 2.75) is 33.3 Å². The highest BCUT2D eigenvalue weighted by Crippen LogP contribution is 2.17. The Morgan fingerprint density at radius 1 is 1.50 bits per heavy atom. The van der Waals surface area contributed by atoms with Crippen molar-refractivity contribution in [3.05, 3.63) is 24.0 Å². The Morgan fingerprint density at radius 2 is 2.25 bits per heavy atom. The number of carbonyl (C=O) groups is 1. The molecule has 0 aromatic carbocycles. The summed E-state index contributed by atoms with van der Waals surface area (Å²) in [5.41, 5.74) is 0.769. The molecule has 0 bridgehead atoms. The van der Waals surface area contributed by atoms with Crippen LogP contribution in [0.5, 0.6) is 5.75 Å². The molecule has 1 atom stereocenters. The zero-order chi connectivity index (χ0) is 12.0. The van der Waals surface area contributed by atoms with Crippen molar-refractivity contribution in [1.82, 2.24) is 4.98 Å². The Balaban J connectivity index is 2.70. The highest BCUT2D eigenvalue weighted by Gasteiger charge is 2.20. The van der Waals surface area contributed by atoms with Crippen molar-refractivity contribution < 1.29 is 14.3 Å². The van der Waals surface area contributed by atoms with Gasteiger partial charge in [-0.15, -0.1) is 0 Å². The minimum absolute atomic E-state index is 0.326. The molecule has 1 aromatic rings. The molecule has 16 heavy (non-hydrogen) atoms. The molecule has 0 fully saturated rings. The van der Waals surface area contributed by atoms with Crippen LogP contribution in [0.3, 0.4) is 0 Å². The van der Waals surface area contributed by atoms with Gasteiger partial charge in [-0.3, -0.25) is 4.98 Å². The first-order chi connectivity index (χ1) is 7.69. The molecule has 88 valence electrons. The molecule has 1 unspecified atom stereocenters. The fourth-order valence-electron chi connectivity index (χ4n) is 1.28. The van der Waals surface area contributed by atoms with Gasteiger partial charge in [0.2, 0.25) is 0 Å². The molecule has 0 aliphatic rings. The Kier molecular flexibility index (Phi) is 4.76. The van der Waals surface area contributed by atoms with Crippen LogP contribution in [-0.2, 0) is 9.53 Å². The van der Waals surface area contributed by atoms with E-state index in [2.05, 4.69) is 4.98 Å². The summed E-state index contributed by atoms with van der Waals surface area (Å²) in [6.07, 6.45) is 1.71. The maximum absolute atomic E-state index is 11.5. The van der Waals surface area contributed by atoms with Gasteiger partial charge in [-0.25, -0.2) is 4.79 Å². The van der Waals surface area contributed by atoms with Crippen molar-refractivity contribution in [3.8, 4) is 5.75 Å². The van der Waals surface area contributed by atoms with Gasteiger partial charge < -0.3 is 9.47 Å². The van der Waals surface area contributed by atoms with Crippen LogP contribution in [0.2, 0.25) is 0 Å². The number of nitrogens with zero attached hydrogens (tertiary/aromatic N) is 1. The lowest BCUT2D eigenvalue weighted by Crippen LogP contribution is -2.29. The normalized spacial score (nSPS) is 11.9. The lowest BCUT2D eigenvalue weighted by atomic mass is 10.2. The Hall–Kier alpha value is -1.58. The van der Waals surface area contributed by atoms with Crippen LogP contribution >= 0.6 is 0 Å². The van der Waals surface area contributed by atoms with Crippen LogP contribution in [0.1, 0.15) is 26.0 Å². The average Bonchev–Trinajstić information content (AvgIpc) is 2.28. The third-order valence-electron chi connectivity index (χ3n) is 2.15. The highest BCUT2D eigenvalue weighted by molar-refractivity contribution is 5.75. The molecule has 0 aliphatic carbocycles. The molecule has 1 aromatic heterocycles. The van der Waals surface area contributed by atoms with Crippen LogP contribution in [-0.4, -0.2) is 23.7 Å². The molecular formula is C12H17NO3. The molecule has 0 saturated heterocycles. The maximum Gasteiger partial charge on any atom is 0.347 e. The van der Waals surface area contributed by atoms with Crippen LogP contribution in [0.15, 0.2) is 18.3 Å². The Bertz CT molecular complexity index is 352. The summed E-state index contributed by atoms with van der Waals surface area (Å²) in [6.45, 7) is 5.87. The van der Waals surface area contributed by atoms with Crippen LogP contribution < -0.4 is 4.74 Å². The predicted molar refractivity (Wildman–Crippen MR) is 60.3 cm³/mol. The maximum atomic E-state index is 11.5. The Morgan fingerprint density at radius 3 is 2.81 bits per heavy atom. The first kappa shape index (κ1) is 12.5. The van der Waals surface area contributed by atoms with Crippen molar-refractivity contribution in [2.24, 2.45) is 0 Å². The van der Waals surface area contributed by atoms with E-state index in [1.54, 1.807) is 25.3 Å². The van der Waals surface area contributed by atoms with E-state index in [0.717, 1.165) is 5.69 Å². The van der Waals surface area contributed by atoms with Gasteiger partial charge in [0.15, 0.2) is 6.10 Å². The van der Waals surface area contributed by atoms with Crippen molar-refractivity contribution in [1.29, 1.82) is 0 Å². The smallest absolute Gasteiger partial charge is 0.347 e. The van der Waals surface area contributed by atoms with Gasteiger partial charge in [0.1, 0.15) is 5.75 Å². The molecular weight excluding hydrogens is 206 g/mol. The van der Waals surface area contributed by atoms with Crippen LogP contribution in [0.25, 0.3) is 0 Å². The molecule has 4 nitrogen and oxygen atoms in total. The molecule has 0 radical (unpaired) electrons. The lowest BCUT2D eigenvalue weighted by molar-refractivity contribution is -0.151. The molecule has 0 N–H and O–H groups in total. The van der Waals surface area contributed by atoms with Crippen molar-refractivity contribution in [2.75, 3.05) is 6.61 Å². The van der Waals surface area contributed by atoms with E-state index in [9.17, 15) is 4.79 Å². The number of carbonyl (C=O) groups excluding carboxylic acids is 1. The average molecular weight is 223 g/mol. The number of ether oxygens (including phenoxy) is 2. The standard InChI is InChI=1S/C12H17NO3/c1-4-10(12(14)15-5-2)16-11-7-6-8-13-9(11)3/h6-8,10H,4-5H2,1-3H3. The van der Waals surface area contributed by atoms with Crippen LogP contribution in [0.4, 0.5) is 0 Å². The monoisotopic (exact) mass is 223 g/mol. The summed E-state index contributed by atoms with van der Waals surface area (Å²) in [5, 5.41) is 0. The van der Waals surface area contributed by atoms with E-state index >= 15 is 0 Å². The van der Waals surface area contributed by atoms with Crippen molar-refractivity contribution >= 4 is 5.97 Å². The third-order valence-corrected chi connectivity index (χ3v) is 2.15. The van der Waals surface area contributed by atoms with Gasteiger partial charge in [-0.2, -0.15) is 0 Å². The molecule has 4 heteroatoms. The summed E-state index contributed by atoms with van der Waals surface area (Å²) in [6, 6.07) is 3.57. The molecule has 0 amide bonds. The fourth-order valence-corrected chi connectivity index (χ4v) is 1.28. The molecule has 1 rings (SSSR count). The van der Waals surface area contributed by atoms with Gasteiger partial charge >= 0.3 is 5.97 Å². The van der Waals surface area contributed by atoms with E-state index in [4.69, 9.17) is 9.47 Å². The lowest BCUT2D eigenvalue weighted by Gasteiger charge is -2.16. The van der Waals surface area contributed by atoms with Crippen LogP contribution in [0, 0.1) is 6.92 Å². The summed E-state index contributed by atoms with van der Waals surface area (Å²) in [4.78, 5) is 15.6. The first-order valence-electron chi connectivity index (χ1n) is 5.44. The second-order valence-corrected chi connectivity index (χ2v) is 3.35. The SMILES string of the molecule is CCOC(=O)C(CC)Oc1cccnc1C. The van der Waals surface area contributed by atoms with E-state index in [0.29, 0.717) is 18.8 Å². The number of esters is 1.